The summed E-state index contributed by atoms with van der Waals surface area (Å²) >= 11 is 0. The number of likely N-dealkylation sites (tertiary alicyclic amines) is 1. The molecule has 0 radical (unpaired) electrons. The first-order valence-electron chi connectivity index (χ1n) is 5.79. The Morgan fingerprint density at radius 2 is 2.06 bits per heavy atom. The molecule has 1 aromatic carbocycles. The summed E-state index contributed by atoms with van der Waals surface area (Å²) in [6.07, 6.45) is 2.75. The van der Waals surface area contributed by atoms with Crippen LogP contribution in [0, 0.1) is 5.82 Å². The van der Waals surface area contributed by atoms with Crippen molar-refractivity contribution in [2.45, 2.75) is 24.8 Å². The van der Waals surface area contributed by atoms with Crippen molar-refractivity contribution in [2.75, 3.05) is 20.1 Å². The Morgan fingerprint density at radius 1 is 1.38 bits per heavy atom. The minimum atomic E-state index is -0.172. The zero-order valence-corrected chi connectivity index (χ0v) is 9.75. The molecule has 3 heteroatoms. The highest BCUT2D eigenvalue weighted by atomic mass is 19.1. The second-order valence-electron chi connectivity index (χ2n) is 4.97. The highest BCUT2D eigenvalue weighted by molar-refractivity contribution is 5.19. The summed E-state index contributed by atoms with van der Waals surface area (Å²) in [5, 5.41) is 0. The summed E-state index contributed by atoms with van der Waals surface area (Å²) in [6.45, 7) is 2.07. The molecule has 1 fully saturated rings. The summed E-state index contributed by atoms with van der Waals surface area (Å²) < 4.78 is 13.1. The fourth-order valence-corrected chi connectivity index (χ4v) is 2.29. The Kier molecular flexibility index (Phi) is 3.26. The molecule has 1 saturated heterocycles. The van der Waals surface area contributed by atoms with E-state index in [9.17, 15) is 4.39 Å². The molecule has 88 valence electrons. The van der Waals surface area contributed by atoms with Crippen LogP contribution in [-0.4, -0.2) is 30.6 Å². The lowest BCUT2D eigenvalue weighted by atomic mass is 9.83. The van der Waals surface area contributed by atoms with Crippen molar-refractivity contribution in [1.29, 1.82) is 0 Å². The van der Waals surface area contributed by atoms with Gasteiger partial charge < -0.3 is 10.6 Å². The first-order chi connectivity index (χ1) is 7.57. The lowest BCUT2D eigenvalue weighted by molar-refractivity contribution is 0.190. The highest BCUT2D eigenvalue weighted by Crippen LogP contribution is 2.23. The summed E-state index contributed by atoms with van der Waals surface area (Å²) in [7, 11) is 2.11. The van der Waals surface area contributed by atoms with E-state index in [1.54, 1.807) is 12.1 Å². The lowest BCUT2D eigenvalue weighted by Gasteiger charge is -2.37. The molecular formula is C13H19FN2. The number of nitrogens with zero attached hydrogens (tertiary/aromatic N) is 1. The van der Waals surface area contributed by atoms with Crippen LogP contribution in [0.1, 0.15) is 18.4 Å². The summed E-state index contributed by atoms with van der Waals surface area (Å²) in [5.41, 5.74) is 7.21. The van der Waals surface area contributed by atoms with Gasteiger partial charge in [-0.2, -0.15) is 0 Å². The fraction of sp³-hybridized carbons (Fsp3) is 0.538. The van der Waals surface area contributed by atoms with Crippen LogP contribution in [0.15, 0.2) is 24.3 Å². The number of halogens is 1. The van der Waals surface area contributed by atoms with Crippen molar-refractivity contribution in [1.82, 2.24) is 4.90 Å². The number of rotatable bonds is 2. The lowest BCUT2D eigenvalue weighted by Crippen LogP contribution is -2.50. The number of piperidine rings is 1. The van der Waals surface area contributed by atoms with Gasteiger partial charge in [-0.15, -0.1) is 0 Å². The predicted octanol–water partition coefficient (Wildman–Crippen LogP) is 1.79. The first-order valence-corrected chi connectivity index (χ1v) is 5.79. The normalized spacial score (nSPS) is 20.9. The van der Waals surface area contributed by atoms with Gasteiger partial charge in [0, 0.05) is 5.54 Å². The van der Waals surface area contributed by atoms with Crippen LogP contribution in [0.3, 0.4) is 0 Å². The molecule has 2 rings (SSSR count). The maximum absolute atomic E-state index is 13.1. The Labute approximate surface area is 96.2 Å². The van der Waals surface area contributed by atoms with Gasteiger partial charge in [0.15, 0.2) is 0 Å². The van der Waals surface area contributed by atoms with Gasteiger partial charge in [-0.25, -0.2) is 4.39 Å². The summed E-state index contributed by atoms with van der Waals surface area (Å²) in [5.74, 6) is -0.172. The second-order valence-corrected chi connectivity index (χ2v) is 4.97. The second kappa shape index (κ2) is 4.52. The molecule has 2 N–H and O–H groups in total. The van der Waals surface area contributed by atoms with E-state index in [2.05, 4.69) is 11.9 Å². The van der Waals surface area contributed by atoms with Gasteiger partial charge in [0.25, 0.3) is 0 Å². The van der Waals surface area contributed by atoms with Gasteiger partial charge in [-0.3, -0.25) is 0 Å². The van der Waals surface area contributed by atoms with Crippen molar-refractivity contribution in [3.63, 3.8) is 0 Å². The average Bonchev–Trinajstić information content (AvgIpc) is 2.23. The molecule has 0 aliphatic carbocycles. The monoisotopic (exact) mass is 222 g/mol. The van der Waals surface area contributed by atoms with E-state index in [1.807, 2.05) is 6.07 Å². The molecule has 0 aromatic heterocycles. The van der Waals surface area contributed by atoms with E-state index in [1.165, 1.54) is 6.07 Å². The van der Waals surface area contributed by atoms with Crippen LogP contribution in [-0.2, 0) is 6.42 Å². The number of hydrogen-bond acceptors (Lipinski definition) is 2. The molecule has 0 bridgehead atoms. The molecular weight excluding hydrogens is 203 g/mol. The number of hydrogen-bond donors (Lipinski definition) is 1. The van der Waals surface area contributed by atoms with E-state index in [0.717, 1.165) is 37.9 Å². The number of nitrogens with two attached hydrogens (primary N) is 1. The topological polar surface area (TPSA) is 29.3 Å². The van der Waals surface area contributed by atoms with E-state index in [-0.39, 0.29) is 11.4 Å². The van der Waals surface area contributed by atoms with Gasteiger partial charge in [0.1, 0.15) is 5.82 Å². The maximum Gasteiger partial charge on any atom is 0.123 e. The Balaban J connectivity index is 2.03. The maximum atomic E-state index is 13.1. The molecule has 1 aliphatic rings. The molecule has 1 heterocycles. The van der Waals surface area contributed by atoms with Gasteiger partial charge in [0.05, 0.1) is 0 Å². The molecule has 0 unspecified atom stereocenters. The highest BCUT2D eigenvalue weighted by Gasteiger charge is 2.29. The molecule has 2 nitrogen and oxygen atoms in total. The van der Waals surface area contributed by atoms with E-state index >= 15 is 0 Å². The van der Waals surface area contributed by atoms with Crippen molar-refractivity contribution in [3.8, 4) is 0 Å². The molecule has 1 aromatic rings. The molecule has 0 atom stereocenters. The summed E-state index contributed by atoms with van der Waals surface area (Å²) in [4.78, 5) is 2.29. The van der Waals surface area contributed by atoms with Crippen LogP contribution >= 0.6 is 0 Å². The molecule has 1 aliphatic heterocycles. The Bertz CT molecular complexity index is 357. The third-order valence-electron chi connectivity index (χ3n) is 3.43. The molecule has 0 saturated carbocycles. The van der Waals surface area contributed by atoms with Crippen molar-refractivity contribution in [3.05, 3.63) is 35.6 Å². The van der Waals surface area contributed by atoms with Crippen LogP contribution in [0.4, 0.5) is 4.39 Å². The van der Waals surface area contributed by atoms with E-state index in [0.29, 0.717) is 0 Å². The SMILES string of the molecule is CN1CCC(N)(Cc2cccc(F)c2)CC1. The van der Waals surface area contributed by atoms with Gasteiger partial charge in [-0.1, -0.05) is 12.1 Å². The van der Waals surface area contributed by atoms with E-state index < -0.39 is 0 Å². The third kappa shape index (κ3) is 2.80. The van der Waals surface area contributed by atoms with Crippen LogP contribution in [0.5, 0.6) is 0 Å². The minimum Gasteiger partial charge on any atom is -0.325 e. The van der Waals surface area contributed by atoms with E-state index in [4.69, 9.17) is 5.73 Å². The van der Waals surface area contributed by atoms with Gasteiger partial charge in [0.2, 0.25) is 0 Å². The van der Waals surface area contributed by atoms with Gasteiger partial charge >= 0.3 is 0 Å². The van der Waals surface area contributed by atoms with Crippen molar-refractivity contribution in [2.24, 2.45) is 5.73 Å². The fourth-order valence-electron chi connectivity index (χ4n) is 2.29. The number of benzene rings is 1. The molecule has 0 amide bonds. The Hall–Kier alpha value is -0.930. The summed E-state index contributed by atoms with van der Waals surface area (Å²) in [6, 6.07) is 6.77. The van der Waals surface area contributed by atoms with Gasteiger partial charge in [-0.05, 0) is 57.1 Å². The standard InChI is InChI=1S/C13H19FN2/c1-16-7-5-13(15,6-8-16)10-11-3-2-4-12(14)9-11/h2-4,9H,5-8,10,15H2,1H3. The zero-order valence-electron chi connectivity index (χ0n) is 9.75. The smallest absolute Gasteiger partial charge is 0.123 e. The van der Waals surface area contributed by atoms with Crippen LogP contribution < -0.4 is 5.73 Å². The van der Waals surface area contributed by atoms with Crippen LogP contribution in [0.25, 0.3) is 0 Å². The predicted molar refractivity (Wildman–Crippen MR) is 63.8 cm³/mol. The minimum absolute atomic E-state index is 0.152. The molecule has 16 heavy (non-hydrogen) atoms. The van der Waals surface area contributed by atoms with Crippen molar-refractivity contribution >= 4 is 0 Å². The Morgan fingerprint density at radius 3 is 2.69 bits per heavy atom. The zero-order chi connectivity index (χ0) is 11.6. The first kappa shape index (κ1) is 11.6. The molecule has 0 spiro atoms. The quantitative estimate of drug-likeness (QED) is 0.826. The average molecular weight is 222 g/mol. The van der Waals surface area contributed by atoms with Crippen LogP contribution in [0.2, 0.25) is 0 Å². The largest absolute Gasteiger partial charge is 0.325 e. The third-order valence-corrected chi connectivity index (χ3v) is 3.43. The van der Waals surface area contributed by atoms with Crippen molar-refractivity contribution < 1.29 is 4.39 Å².